The van der Waals surface area contributed by atoms with E-state index in [2.05, 4.69) is 0 Å². The zero-order valence-electron chi connectivity index (χ0n) is 9.67. The molecule has 1 saturated heterocycles. The van der Waals surface area contributed by atoms with Gasteiger partial charge in [0.05, 0.1) is 0 Å². The maximum Gasteiger partial charge on any atom is 0.169 e. The highest BCUT2D eigenvalue weighted by atomic mass is 32.2. The molecule has 4 nitrogen and oxygen atoms in total. The van der Waals surface area contributed by atoms with Crippen LogP contribution in [0.2, 0.25) is 0 Å². The minimum Gasteiger partial charge on any atom is -0.399 e. The van der Waals surface area contributed by atoms with Crippen LogP contribution >= 0.6 is 11.8 Å². The van der Waals surface area contributed by atoms with Crippen molar-refractivity contribution in [2.45, 2.75) is 5.37 Å². The first-order valence-electron chi connectivity index (χ1n) is 5.37. The molecule has 6 heteroatoms. The van der Waals surface area contributed by atoms with Gasteiger partial charge in [0.25, 0.3) is 0 Å². The fourth-order valence-electron chi connectivity index (χ4n) is 1.90. The van der Waals surface area contributed by atoms with E-state index in [1.165, 1.54) is 6.26 Å². The van der Waals surface area contributed by atoms with E-state index in [-0.39, 0.29) is 0 Å². The van der Waals surface area contributed by atoms with Gasteiger partial charge in [-0.3, -0.25) is 0 Å². The van der Waals surface area contributed by atoms with Gasteiger partial charge in [0, 0.05) is 35.7 Å². The Kier molecular flexibility index (Phi) is 3.53. The summed E-state index contributed by atoms with van der Waals surface area (Å²) >= 11 is 1.69. The van der Waals surface area contributed by atoms with E-state index in [9.17, 15) is 8.42 Å². The third-order valence-corrected chi connectivity index (χ3v) is 5.45. The van der Waals surface area contributed by atoms with Gasteiger partial charge in [-0.1, -0.05) is 0 Å². The Morgan fingerprint density at radius 1 is 1.35 bits per heavy atom. The number of anilines is 2. The van der Waals surface area contributed by atoms with Gasteiger partial charge < -0.3 is 10.6 Å². The van der Waals surface area contributed by atoms with Crippen LogP contribution in [0.4, 0.5) is 11.4 Å². The summed E-state index contributed by atoms with van der Waals surface area (Å²) in [7, 11) is -3.06. The number of hydrogen-bond acceptors (Lipinski definition) is 5. The summed E-state index contributed by atoms with van der Waals surface area (Å²) in [5.74, 6) is 1.58. The minimum absolute atomic E-state index is 0.426. The number of benzene rings is 1. The lowest BCUT2D eigenvalue weighted by Crippen LogP contribution is -2.47. The van der Waals surface area contributed by atoms with Gasteiger partial charge in [0.15, 0.2) is 9.84 Å². The van der Waals surface area contributed by atoms with E-state index < -0.39 is 15.2 Å². The van der Waals surface area contributed by atoms with Crippen LogP contribution in [0.15, 0.2) is 24.3 Å². The first kappa shape index (κ1) is 12.6. The second kappa shape index (κ2) is 4.78. The van der Waals surface area contributed by atoms with Gasteiger partial charge in [-0.25, -0.2) is 8.42 Å². The molecule has 0 spiro atoms. The van der Waals surface area contributed by atoms with Gasteiger partial charge in [-0.2, -0.15) is 11.8 Å². The Morgan fingerprint density at radius 2 is 2.00 bits per heavy atom. The lowest BCUT2D eigenvalue weighted by Gasteiger charge is -2.35. The Bertz CT molecular complexity index is 485. The van der Waals surface area contributed by atoms with E-state index >= 15 is 0 Å². The first-order valence-corrected chi connectivity index (χ1v) is 8.48. The summed E-state index contributed by atoms with van der Waals surface area (Å²) in [6.45, 7) is 0.756. The Labute approximate surface area is 106 Å². The molecule has 0 amide bonds. The average molecular weight is 272 g/mol. The number of hydrogen-bond donors (Lipinski definition) is 1. The van der Waals surface area contributed by atoms with Crippen molar-refractivity contribution in [3.05, 3.63) is 24.3 Å². The van der Waals surface area contributed by atoms with E-state index in [4.69, 9.17) is 5.73 Å². The molecule has 0 aliphatic carbocycles. The number of sulfone groups is 1. The van der Waals surface area contributed by atoms with E-state index in [1.54, 1.807) is 23.9 Å². The molecule has 2 rings (SSSR count). The Morgan fingerprint density at radius 3 is 2.59 bits per heavy atom. The molecule has 2 N–H and O–H groups in total. The maximum absolute atomic E-state index is 11.8. The van der Waals surface area contributed by atoms with Gasteiger partial charge in [0.1, 0.15) is 5.37 Å². The van der Waals surface area contributed by atoms with Gasteiger partial charge in [-0.15, -0.1) is 0 Å². The molecule has 0 aromatic heterocycles. The zero-order valence-corrected chi connectivity index (χ0v) is 11.3. The van der Waals surface area contributed by atoms with Gasteiger partial charge in [0.2, 0.25) is 0 Å². The molecule has 1 aromatic rings. The van der Waals surface area contributed by atoms with Crippen LogP contribution in [0.1, 0.15) is 0 Å². The van der Waals surface area contributed by atoms with Crippen molar-refractivity contribution < 1.29 is 8.42 Å². The topological polar surface area (TPSA) is 63.4 Å². The standard InChI is InChI=1S/C11H16N2O2S2/c1-17(14,15)11-8-16-7-6-13(11)10-4-2-9(12)3-5-10/h2-5,11H,6-8,12H2,1H3. The summed E-state index contributed by atoms with van der Waals surface area (Å²) in [6, 6.07) is 7.36. The molecule has 1 aliphatic heterocycles. The highest BCUT2D eigenvalue weighted by Gasteiger charge is 2.30. The highest BCUT2D eigenvalue weighted by molar-refractivity contribution is 8.01. The van der Waals surface area contributed by atoms with Crippen LogP contribution in [0.25, 0.3) is 0 Å². The van der Waals surface area contributed by atoms with Crippen LogP contribution in [-0.4, -0.2) is 38.1 Å². The SMILES string of the molecule is CS(=O)(=O)C1CSCCN1c1ccc(N)cc1. The van der Waals surface area contributed by atoms with Crippen LogP contribution in [-0.2, 0) is 9.84 Å². The van der Waals surface area contributed by atoms with Crippen molar-refractivity contribution in [2.24, 2.45) is 0 Å². The number of rotatable bonds is 2. The number of thioether (sulfide) groups is 1. The summed E-state index contributed by atoms with van der Waals surface area (Å²) in [4.78, 5) is 1.95. The predicted molar refractivity (Wildman–Crippen MR) is 74.2 cm³/mol. The highest BCUT2D eigenvalue weighted by Crippen LogP contribution is 2.27. The fraction of sp³-hybridized carbons (Fsp3) is 0.455. The second-order valence-electron chi connectivity index (χ2n) is 4.14. The van der Waals surface area contributed by atoms with E-state index in [0.717, 1.165) is 18.0 Å². The van der Waals surface area contributed by atoms with Crippen LogP contribution < -0.4 is 10.6 Å². The van der Waals surface area contributed by atoms with Gasteiger partial charge >= 0.3 is 0 Å². The van der Waals surface area contributed by atoms with E-state index in [0.29, 0.717) is 11.4 Å². The van der Waals surface area contributed by atoms with Crippen LogP contribution in [0, 0.1) is 0 Å². The molecule has 1 fully saturated rings. The quantitative estimate of drug-likeness (QED) is 0.819. The number of nitrogens with zero attached hydrogens (tertiary/aromatic N) is 1. The maximum atomic E-state index is 11.8. The molecule has 1 atom stereocenters. The summed E-state index contributed by atoms with van der Waals surface area (Å²) in [5, 5.41) is -0.426. The minimum atomic E-state index is -3.06. The fourth-order valence-corrected chi connectivity index (χ4v) is 4.74. The lowest BCUT2D eigenvalue weighted by atomic mass is 10.2. The van der Waals surface area contributed by atoms with Crippen LogP contribution in [0.5, 0.6) is 0 Å². The van der Waals surface area contributed by atoms with Crippen molar-refractivity contribution in [1.29, 1.82) is 0 Å². The summed E-state index contributed by atoms with van der Waals surface area (Å²) in [6.07, 6.45) is 1.30. The van der Waals surface area contributed by atoms with Crippen molar-refractivity contribution >= 4 is 33.0 Å². The third kappa shape index (κ3) is 2.87. The molecular formula is C11H16N2O2S2. The van der Waals surface area contributed by atoms with Crippen LogP contribution in [0.3, 0.4) is 0 Å². The third-order valence-electron chi connectivity index (χ3n) is 2.80. The largest absolute Gasteiger partial charge is 0.399 e. The molecule has 94 valence electrons. The molecular weight excluding hydrogens is 256 g/mol. The summed E-state index contributed by atoms with van der Waals surface area (Å²) in [5.41, 5.74) is 7.25. The Balaban J connectivity index is 2.31. The summed E-state index contributed by atoms with van der Waals surface area (Å²) < 4.78 is 23.5. The Hall–Kier alpha value is -0.880. The second-order valence-corrected chi connectivity index (χ2v) is 7.50. The molecule has 1 aromatic carbocycles. The monoisotopic (exact) mass is 272 g/mol. The first-order chi connectivity index (χ1) is 7.98. The predicted octanol–water partition coefficient (Wildman–Crippen LogP) is 1.19. The molecule has 1 aliphatic rings. The molecule has 0 saturated carbocycles. The van der Waals surface area contributed by atoms with Crippen molar-refractivity contribution in [2.75, 3.05) is 34.9 Å². The van der Waals surface area contributed by atoms with Gasteiger partial charge in [-0.05, 0) is 24.3 Å². The average Bonchev–Trinajstić information content (AvgIpc) is 2.29. The van der Waals surface area contributed by atoms with Crippen molar-refractivity contribution in [3.8, 4) is 0 Å². The van der Waals surface area contributed by atoms with E-state index in [1.807, 2.05) is 17.0 Å². The van der Waals surface area contributed by atoms with Crippen molar-refractivity contribution in [3.63, 3.8) is 0 Å². The normalized spacial score (nSPS) is 21.5. The smallest absolute Gasteiger partial charge is 0.169 e. The van der Waals surface area contributed by atoms with Crippen molar-refractivity contribution in [1.82, 2.24) is 0 Å². The lowest BCUT2D eigenvalue weighted by molar-refractivity contribution is 0.584. The molecule has 0 bridgehead atoms. The molecule has 1 unspecified atom stereocenters. The molecule has 0 radical (unpaired) electrons. The number of nitrogens with two attached hydrogens (primary N) is 1. The number of nitrogen functional groups attached to an aromatic ring is 1. The molecule has 17 heavy (non-hydrogen) atoms. The zero-order chi connectivity index (χ0) is 12.5. The molecule has 1 heterocycles.